The molecule has 0 saturated heterocycles. The zero-order valence-corrected chi connectivity index (χ0v) is 18.9. The summed E-state index contributed by atoms with van der Waals surface area (Å²) < 4.78 is 11.8. The molecule has 0 fully saturated rings. The van der Waals surface area contributed by atoms with Crippen molar-refractivity contribution in [2.75, 3.05) is 24.9 Å². The number of nitrogens with one attached hydrogen (secondary N) is 2. The van der Waals surface area contributed by atoms with E-state index in [4.69, 9.17) is 9.47 Å². The Kier molecular flexibility index (Phi) is 6.15. The Morgan fingerprint density at radius 3 is 2.19 bits per heavy atom. The van der Waals surface area contributed by atoms with Crippen LogP contribution in [0.25, 0.3) is 0 Å². The SMILES string of the molecule is C=C1C(=O)N=C(n2nc(C(C)(C)C)cc2NC(=O)Nc2cc(OC)cc(OC)c2)N=C1C. The van der Waals surface area contributed by atoms with Gasteiger partial charge in [-0.25, -0.2) is 9.79 Å². The molecule has 0 unspecified atom stereocenters. The first-order valence-corrected chi connectivity index (χ1v) is 9.81. The summed E-state index contributed by atoms with van der Waals surface area (Å²) in [6.45, 7) is 11.3. The van der Waals surface area contributed by atoms with Crippen LogP contribution in [0.1, 0.15) is 33.4 Å². The second kappa shape index (κ2) is 8.66. The molecule has 0 atom stereocenters. The van der Waals surface area contributed by atoms with Crippen molar-refractivity contribution < 1.29 is 19.1 Å². The third-order valence-electron chi connectivity index (χ3n) is 4.68. The molecule has 2 aromatic rings. The molecule has 10 heteroatoms. The number of anilines is 2. The van der Waals surface area contributed by atoms with Crippen LogP contribution in [0.2, 0.25) is 0 Å². The van der Waals surface area contributed by atoms with E-state index in [1.807, 2.05) is 20.8 Å². The first-order valence-electron chi connectivity index (χ1n) is 9.81. The number of hydrogen-bond acceptors (Lipinski definition) is 6. The Morgan fingerprint density at radius 1 is 1.03 bits per heavy atom. The maximum absolute atomic E-state index is 12.8. The van der Waals surface area contributed by atoms with Gasteiger partial charge in [-0.2, -0.15) is 14.8 Å². The van der Waals surface area contributed by atoms with Gasteiger partial charge >= 0.3 is 6.03 Å². The minimum Gasteiger partial charge on any atom is -0.497 e. The van der Waals surface area contributed by atoms with Gasteiger partial charge < -0.3 is 14.8 Å². The maximum Gasteiger partial charge on any atom is 0.324 e. The van der Waals surface area contributed by atoms with Crippen molar-refractivity contribution in [2.45, 2.75) is 33.1 Å². The summed E-state index contributed by atoms with van der Waals surface area (Å²) >= 11 is 0. The quantitative estimate of drug-likeness (QED) is 0.707. The Bertz CT molecular complexity index is 1130. The zero-order valence-electron chi connectivity index (χ0n) is 18.9. The number of benzene rings is 1. The van der Waals surface area contributed by atoms with Gasteiger partial charge in [0.25, 0.3) is 11.9 Å². The summed E-state index contributed by atoms with van der Waals surface area (Å²) in [5, 5.41) is 10.0. The van der Waals surface area contributed by atoms with Crippen molar-refractivity contribution in [3.8, 4) is 11.5 Å². The number of ether oxygens (including phenoxy) is 2. The van der Waals surface area contributed by atoms with Gasteiger partial charge in [-0.15, -0.1) is 0 Å². The summed E-state index contributed by atoms with van der Waals surface area (Å²) in [5.41, 5.74) is 1.49. The smallest absolute Gasteiger partial charge is 0.324 e. The van der Waals surface area contributed by atoms with Crippen LogP contribution in [-0.2, 0) is 10.2 Å². The second-order valence-corrected chi connectivity index (χ2v) is 8.15. The van der Waals surface area contributed by atoms with Crippen molar-refractivity contribution in [3.63, 3.8) is 0 Å². The monoisotopic (exact) mass is 438 g/mol. The van der Waals surface area contributed by atoms with Crippen LogP contribution < -0.4 is 20.1 Å². The lowest BCUT2D eigenvalue weighted by Crippen LogP contribution is -2.27. The van der Waals surface area contributed by atoms with E-state index in [0.29, 0.717) is 34.4 Å². The molecule has 0 saturated carbocycles. The van der Waals surface area contributed by atoms with E-state index in [1.165, 1.54) is 18.9 Å². The standard InChI is InChI=1S/C22H26N6O4/c1-12-13(2)23-20(26-19(12)29)28-18(11-17(27-28)22(3,4)5)25-21(30)24-14-8-15(31-6)10-16(9-14)32-7/h8-11H,1H2,2-7H3,(H2,24,25,30). The van der Waals surface area contributed by atoms with Gasteiger partial charge in [0.05, 0.1) is 31.2 Å². The van der Waals surface area contributed by atoms with Gasteiger partial charge in [-0.1, -0.05) is 27.4 Å². The molecule has 1 aliphatic rings. The van der Waals surface area contributed by atoms with E-state index in [9.17, 15) is 9.59 Å². The second-order valence-electron chi connectivity index (χ2n) is 8.15. The zero-order chi connectivity index (χ0) is 23.6. The Balaban J connectivity index is 1.93. The average Bonchev–Trinajstić information content (AvgIpc) is 3.15. The van der Waals surface area contributed by atoms with Crippen LogP contribution in [0.3, 0.4) is 0 Å². The third kappa shape index (κ3) is 4.85. The van der Waals surface area contributed by atoms with E-state index in [2.05, 4.69) is 32.3 Å². The number of carbonyl (C=O) groups is 2. The molecule has 0 radical (unpaired) electrons. The van der Waals surface area contributed by atoms with Crippen LogP contribution in [0.5, 0.6) is 11.5 Å². The minimum atomic E-state index is -0.533. The minimum absolute atomic E-state index is 0.0498. The van der Waals surface area contributed by atoms with Crippen LogP contribution >= 0.6 is 0 Å². The molecule has 2 heterocycles. The first-order chi connectivity index (χ1) is 15.0. The molecule has 2 N–H and O–H groups in total. The lowest BCUT2D eigenvalue weighted by molar-refractivity contribution is -0.113. The normalized spacial score (nSPS) is 13.9. The molecule has 32 heavy (non-hydrogen) atoms. The summed E-state index contributed by atoms with van der Waals surface area (Å²) in [6, 6.07) is 6.19. The highest BCUT2D eigenvalue weighted by Crippen LogP contribution is 2.27. The molecule has 3 amide bonds. The molecule has 1 aromatic heterocycles. The van der Waals surface area contributed by atoms with Gasteiger partial charge in [0.15, 0.2) is 0 Å². The molecule has 0 aliphatic carbocycles. The molecule has 10 nitrogen and oxygen atoms in total. The van der Waals surface area contributed by atoms with Gasteiger partial charge in [-0.3, -0.25) is 10.1 Å². The van der Waals surface area contributed by atoms with Crippen molar-refractivity contribution in [2.24, 2.45) is 9.98 Å². The number of rotatable bonds is 4. The number of amides is 3. The number of aliphatic imine (C=N–C) groups is 2. The molecule has 168 valence electrons. The summed E-state index contributed by atoms with van der Waals surface area (Å²) in [5.74, 6) is 0.908. The van der Waals surface area contributed by atoms with Crippen LogP contribution in [0, 0.1) is 0 Å². The highest BCUT2D eigenvalue weighted by Gasteiger charge is 2.25. The van der Waals surface area contributed by atoms with E-state index < -0.39 is 11.9 Å². The summed E-state index contributed by atoms with van der Waals surface area (Å²) in [6.07, 6.45) is 0. The maximum atomic E-state index is 12.8. The molecule has 1 aliphatic heterocycles. The topological polar surface area (TPSA) is 119 Å². The largest absolute Gasteiger partial charge is 0.497 e. The predicted molar refractivity (Wildman–Crippen MR) is 123 cm³/mol. The number of urea groups is 1. The lowest BCUT2D eigenvalue weighted by Gasteiger charge is -2.14. The van der Waals surface area contributed by atoms with Crippen LogP contribution in [-0.4, -0.2) is 47.6 Å². The molecule has 3 rings (SSSR count). The molecule has 0 spiro atoms. The fraction of sp³-hybridized carbons (Fsp3) is 0.318. The molecular weight excluding hydrogens is 412 g/mol. The number of aromatic nitrogens is 2. The molecular formula is C22H26N6O4. The Labute approximate surface area is 186 Å². The number of nitrogens with zero attached hydrogens (tertiary/aromatic N) is 4. The number of carbonyl (C=O) groups excluding carboxylic acids is 2. The first kappa shape index (κ1) is 22.7. The van der Waals surface area contributed by atoms with E-state index >= 15 is 0 Å². The Morgan fingerprint density at radius 2 is 1.66 bits per heavy atom. The van der Waals surface area contributed by atoms with Gasteiger partial charge in [0.1, 0.15) is 17.3 Å². The van der Waals surface area contributed by atoms with Gasteiger partial charge in [-0.05, 0) is 6.92 Å². The van der Waals surface area contributed by atoms with E-state index in [-0.39, 0.29) is 16.9 Å². The third-order valence-corrected chi connectivity index (χ3v) is 4.68. The molecule has 0 bridgehead atoms. The fourth-order valence-corrected chi connectivity index (χ4v) is 2.80. The number of methoxy groups -OCH3 is 2. The van der Waals surface area contributed by atoms with Gasteiger partial charge in [0.2, 0.25) is 0 Å². The van der Waals surface area contributed by atoms with Crippen molar-refractivity contribution in [1.82, 2.24) is 9.78 Å². The van der Waals surface area contributed by atoms with Crippen molar-refractivity contribution >= 4 is 35.1 Å². The Hall–Kier alpha value is -3.95. The molecule has 1 aromatic carbocycles. The van der Waals surface area contributed by atoms with Crippen LogP contribution in [0.4, 0.5) is 16.3 Å². The fourth-order valence-electron chi connectivity index (χ4n) is 2.80. The highest BCUT2D eigenvalue weighted by molar-refractivity contribution is 6.27. The van der Waals surface area contributed by atoms with E-state index in [0.717, 1.165) is 0 Å². The summed E-state index contributed by atoms with van der Waals surface area (Å²) in [4.78, 5) is 33.2. The predicted octanol–water partition coefficient (Wildman–Crippen LogP) is 3.60. The van der Waals surface area contributed by atoms with Crippen molar-refractivity contribution in [3.05, 3.63) is 42.1 Å². The van der Waals surface area contributed by atoms with Crippen molar-refractivity contribution in [1.29, 1.82) is 0 Å². The highest BCUT2D eigenvalue weighted by atomic mass is 16.5. The number of hydrogen-bond donors (Lipinski definition) is 2. The van der Waals surface area contributed by atoms with Crippen LogP contribution in [0.15, 0.2) is 46.4 Å². The summed E-state index contributed by atoms with van der Waals surface area (Å²) in [7, 11) is 3.04. The van der Waals surface area contributed by atoms with E-state index in [1.54, 1.807) is 31.2 Å². The van der Waals surface area contributed by atoms with Gasteiger partial charge in [0, 0.05) is 35.4 Å². The average molecular weight is 438 g/mol. The lowest BCUT2D eigenvalue weighted by atomic mass is 9.92.